The molecule has 0 unspecified atom stereocenters. The molecule has 0 spiro atoms. The fourth-order valence-corrected chi connectivity index (χ4v) is 0.398. The number of ether oxygens (including phenoxy) is 1. The van der Waals surface area contributed by atoms with Crippen LogP contribution >= 0.6 is 0 Å². The normalized spacial score (nSPS) is 9.70. The van der Waals surface area contributed by atoms with Gasteiger partial charge in [-0.05, 0) is 12.5 Å². The van der Waals surface area contributed by atoms with Gasteiger partial charge in [-0.2, -0.15) is 0 Å². The van der Waals surface area contributed by atoms with E-state index in [0.29, 0.717) is 0 Å². The SMILES string of the molecule is C=CC(=O)OC=CCCC. The number of hydrogen-bond donors (Lipinski definition) is 0. The summed E-state index contributed by atoms with van der Waals surface area (Å²) in [5, 5.41) is 0. The molecule has 0 N–H and O–H groups in total. The van der Waals surface area contributed by atoms with Gasteiger partial charge in [0.15, 0.2) is 0 Å². The molecule has 0 saturated carbocycles. The Morgan fingerprint density at radius 1 is 1.70 bits per heavy atom. The van der Waals surface area contributed by atoms with Crippen LogP contribution in [-0.2, 0) is 9.53 Å². The molecule has 0 heterocycles. The lowest BCUT2D eigenvalue weighted by molar-refractivity contribution is -0.132. The summed E-state index contributed by atoms with van der Waals surface area (Å²) >= 11 is 0. The van der Waals surface area contributed by atoms with E-state index >= 15 is 0 Å². The van der Waals surface area contributed by atoms with Gasteiger partial charge in [0.25, 0.3) is 0 Å². The van der Waals surface area contributed by atoms with Crippen LogP contribution in [0.25, 0.3) is 0 Å². The van der Waals surface area contributed by atoms with Crippen molar-refractivity contribution in [3.8, 4) is 0 Å². The number of carbonyl (C=O) groups is 1. The standard InChI is InChI=1S/C8H12O2/c1-3-5-6-7-10-8(9)4-2/h4,6-7H,2-3,5H2,1H3. The molecule has 0 aliphatic rings. The van der Waals surface area contributed by atoms with E-state index in [1.54, 1.807) is 6.08 Å². The lowest BCUT2D eigenvalue weighted by atomic mass is 10.3. The fourth-order valence-electron chi connectivity index (χ4n) is 0.398. The Balaban J connectivity index is 3.33. The maximum absolute atomic E-state index is 10.4. The van der Waals surface area contributed by atoms with Crippen LogP contribution in [0.3, 0.4) is 0 Å². The Morgan fingerprint density at radius 3 is 2.90 bits per heavy atom. The first-order valence-corrected chi connectivity index (χ1v) is 3.29. The summed E-state index contributed by atoms with van der Waals surface area (Å²) < 4.78 is 4.56. The summed E-state index contributed by atoms with van der Waals surface area (Å²) in [4.78, 5) is 10.4. The predicted molar refractivity (Wildman–Crippen MR) is 40.3 cm³/mol. The van der Waals surface area contributed by atoms with Crippen molar-refractivity contribution >= 4 is 5.97 Å². The lowest BCUT2D eigenvalue weighted by Gasteiger charge is -1.89. The summed E-state index contributed by atoms with van der Waals surface area (Å²) in [6.45, 7) is 5.31. The van der Waals surface area contributed by atoms with Crippen molar-refractivity contribution in [1.29, 1.82) is 0 Å². The van der Waals surface area contributed by atoms with Crippen LogP contribution in [0.2, 0.25) is 0 Å². The minimum atomic E-state index is -0.410. The molecule has 10 heavy (non-hydrogen) atoms. The van der Waals surface area contributed by atoms with E-state index in [0.717, 1.165) is 18.9 Å². The molecule has 0 amide bonds. The van der Waals surface area contributed by atoms with E-state index in [1.165, 1.54) is 6.26 Å². The first-order valence-electron chi connectivity index (χ1n) is 3.29. The molecule has 0 radical (unpaired) electrons. The second kappa shape index (κ2) is 6.08. The molecule has 0 atom stereocenters. The van der Waals surface area contributed by atoms with Gasteiger partial charge in [0, 0.05) is 6.08 Å². The zero-order valence-electron chi connectivity index (χ0n) is 6.17. The molecule has 0 aromatic rings. The van der Waals surface area contributed by atoms with Gasteiger partial charge < -0.3 is 4.74 Å². The van der Waals surface area contributed by atoms with Crippen LogP contribution in [0.4, 0.5) is 0 Å². The largest absolute Gasteiger partial charge is 0.432 e. The van der Waals surface area contributed by atoms with E-state index in [9.17, 15) is 4.79 Å². The highest BCUT2D eigenvalue weighted by molar-refractivity contribution is 5.81. The van der Waals surface area contributed by atoms with Crippen molar-refractivity contribution in [3.63, 3.8) is 0 Å². The average Bonchev–Trinajstić information content (AvgIpc) is 1.98. The van der Waals surface area contributed by atoms with Crippen LogP contribution in [0.15, 0.2) is 25.0 Å². The Bertz CT molecular complexity index is 136. The van der Waals surface area contributed by atoms with Crippen molar-refractivity contribution in [1.82, 2.24) is 0 Å². The second-order valence-electron chi connectivity index (χ2n) is 1.80. The molecule has 0 aliphatic carbocycles. The molecule has 56 valence electrons. The molecule has 0 aliphatic heterocycles. The minimum absolute atomic E-state index is 0.410. The first-order chi connectivity index (χ1) is 4.81. The van der Waals surface area contributed by atoms with Crippen LogP contribution < -0.4 is 0 Å². The lowest BCUT2D eigenvalue weighted by Crippen LogP contribution is -1.91. The molecule has 2 heteroatoms. The highest BCUT2D eigenvalue weighted by Gasteiger charge is 1.86. The first kappa shape index (κ1) is 8.95. The molecule has 0 rings (SSSR count). The topological polar surface area (TPSA) is 26.3 Å². The smallest absolute Gasteiger partial charge is 0.334 e. The quantitative estimate of drug-likeness (QED) is 0.339. The summed E-state index contributed by atoms with van der Waals surface area (Å²) in [5.41, 5.74) is 0. The van der Waals surface area contributed by atoms with Crippen molar-refractivity contribution in [3.05, 3.63) is 25.0 Å². The fraction of sp³-hybridized carbons (Fsp3) is 0.375. The van der Waals surface area contributed by atoms with E-state index in [1.807, 2.05) is 0 Å². The van der Waals surface area contributed by atoms with Crippen LogP contribution in [0, 0.1) is 0 Å². The zero-order valence-corrected chi connectivity index (χ0v) is 6.17. The molecular weight excluding hydrogens is 128 g/mol. The van der Waals surface area contributed by atoms with Gasteiger partial charge in [-0.25, -0.2) is 4.79 Å². The molecule has 0 fully saturated rings. The Hall–Kier alpha value is -1.05. The van der Waals surface area contributed by atoms with Crippen molar-refractivity contribution in [2.45, 2.75) is 19.8 Å². The van der Waals surface area contributed by atoms with E-state index < -0.39 is 5.97 Å². The van der Waals surface area contributed by atoms with E-state index in [4.69, 9.17) is 0 Å². The average molecular weight is 140 g/mol. The van der Waals surface area contributed by atoms with Gasteiger partial charge in [-0.15, -0.1) is 0 Å². The summed E-state index contributed by atoms with van der Waals surface area (Å²) in [6, 6.07) is 0. The van der Waals surface area contributed by atoms with Gasteiger partial charge in [-0.1, -0.05) is 19.9 Å². The van der Waals surface area contributed by atoms with Crippen molar-refractivity contribution < 1.29 is 9.53 Å². The predicted octanol–water partition coefficient (Wildman–Crippen LogP) is 2.03. The van der Waals surface area contributed by atoms with Crippen LogP contribution in [0.5, 0.6) is 0 Å². The van der Waals surface area contributed by atoms with Crippen LogP contribution in [0.1, 0.15) is 19.8 Å². The number of esters is 1. The van der Waals surface area contributed by atoms with Gasteiger partial charge in [0.2, 0.25) is 0 Å². The number of allylic oxidation sites excluding steroid dienone is 1. The molecule has 0 aromatic carbocycles. The summed E-state index contributed by atoms with van der Waals surface area (Å²) in [7, 11) is 0. The maximum Gasteiger partial charge on any atom is 0.334 e. The highest BCUT2D eigenvalue weighted by atomic mass is 16.5. The van der Waals surface area contributed by atoms with Gasteiger partial charge >= 0.3 is 5.97 Å². The van der Waals surface area contributed by atoms with Crippen molar-refractivity contribution in [2.24, 2.45) is 0 Å². The Morgan fingerprint density at radius 2 is 2.40 bits per heavy atom. The summed E-state index contributed by atoms with van der Waals surface area (Å²) in [6.07, 6.45) is 6.33. The second-order valence-corrected chi connectivity index (χ2v) is 1.80. The summed E-state index contributed by atoms with van der Waals surface area (Å²) in [5.74, 6) is -0.410. The van der Waals surface area contributed by atoms with Gasteiger partial charge in [0.05, 0.1) is 6.26 Å². The zero-order chi connectivity index (χ0) is 7.82. The maximum atomic E-state index is 10.4. The number of rotatable bonds is 4. The monoisotopic (exact) mass is 140 g/mol. The Labute approximate surface area is 61.2 Å². The number of unbranched alkanes of at least 4 members (excludes halogenated alkanes) is 1. The third-order valence-corrected chi connectivity index (χ3v) is 0.902. The van der Waals surface area contributed by atoms with E-state index in [2.05, 4.69) is 18.2 Å². The molecular formula is C8H12O2. The van der Waals surface area contributed by atoms with E-state index in [-0.39, 0.29) is 0 Å². The van der Waals surface area contributed by atoms with Crippen molar-refractivity contribution in [2.75, 3.05) is 0 Å². The van der Waals surface area contributed by atoms with Crippen LogP contribution in [-0.4, -0.2) is 5.97 Å². The highest BCUT2D eigenvalue weighted by Crippen LogP contribution is 1.89. The Kier molecular flexibility index (Phi) is 5.44. The molecule has 2 nitrogen and oxygen atoms in total. The number of carbonyl (C=O) groups excluding carboxylic acids is 1. The number of hydrogen-bond acceptors (Lipinski definition) is 2. The third-order valence-electron chi connectivity index (χ3n) is 0.902. The molecule has 0 aromatic heterocycles. The molecule has 0 saturated heterocycles. The van der Waals surface area contributed by atoms with Gasteiger partial charge in [-0.3, -0.25) is 0 Å². The van der Waals surface area contributed by atoms with Gasteiger partial charge in [0.1, 0.15) is 0 Å². The third kappa shape index (κ3) is 5.09. The molecule has 0 bridgehead atoms. The minimum Gasteiger partial charge on any atom is -0.432 e.